The standard InChI is InChI=1S/C21H21N3O2S/c1-14(27-21-24-23-20(26-21)16-9-3-2-4-10-16)19(25)22-18-13-7-11-15-8-5-6-12-17(15)18/h2-6,8-10,12,14,18H,7,11,13H2,1H3,(H,22,25)/t14-,18+/m0/s1. The van der Waals surface area contributed by atoms with Crippen LogP contribution in [0.25, 0.3) is 11.5 Å². The van der Waals surface area contributed by atoms with Gasteiger partial charge in [0.15, 0.2) is 0 Å². The first-order chi connectivity index (χ1) is 13.2. The molecule has 0 aliphatic heterocycles. The third kappa shape index (κ3) is 4.06. The Labute approximate surface area is 162 Å². The van der Waals surface area contributed by atoms with Gasteiger partial charge in [-0.15, -0.1) is 10.2 Å². The molecule has 0 unspecified atom stereocenters. The zero-order valence-corrected chi connectivity index (χ0v) is 15.9. The fourth-order valence-electron chi connectivity index (χ4n) is 3.35. The van der Waals surface area contributed by atoms with E-state index in [1.807, 2.05) is 43.3 Å². The van der Waals surface area contributed by atoms with Crippen molar-refractivity contribution in [2.75, 3.05) is 0 Å². The van der Waals surface area contributed by atoms with E-state index < -0.39 is 0 Å². The minimum atomic E-state index is -0.317. The molecule has 138 valence electrons. The van der Waals surface area contributed by atoms with Gasteiger partial charge in [0.25, 0.3) is 5.22 Å². The molecule has 0 saturated carbocycles. The fourth-order valence-corrected chi connectivity index (χ4v) is 4.05. The number of carbonyl (C=O) groups is 1. The summed E-state index contributed by atoms with van der Waals surface area (Å²) < 4.78 is 5.70. The number of thioether (sulfide) groups is 1. The lowest BCUT2D eigenvalue weighted by atomic mass is 9.88. The van der Waals surface area contributed by atoms with Gasteiger partial charge in [0.05, 0.1) is 11.3 Å². The van der Waals surface area contributed by atoms with E-state index in [1.165, 1.54) is 22.9 Å². The average molecular weight is 379 g/mol. The number of aryl methyl sites for hydroxylation is 1. The zero-order valence-electron chi connectivity index (χ0n) is 15.1. The molecule has 0 bridgehead atoms. The zero-order chi connectivity index (χ0) is 18.6. The number of carbonyl (C=O) groups excluding carboxylic acids is 1. The van der Waals surface area contributed by atoms with Gasteiger partial charge >= 0.3 is 0 Å². The molecule has 1 amide bonds. The molecule has 1 aromatic heterocycles. The normalized spacial score (nSPS) is 17.1. The van der Waals surface area contributed by atoms with Gasteiger partial charge in [-0.1, -0.05) is 54.2 Å². The van der Waals surface area contributed by atoms with Crippen molar-refractivity contribution < 1.29 is 9.21 Å². The summed E-state index contributed by atoms with van der Waals surface area (Å²) in [5.74, 6) is 0.452. The molecule has 1 aliphatic rings. The van der Waals surface area contributed by atoms with Crippen molar-refractivity contribution in [2.45, 2.75) is 42.7 Å². The first-order valence-electron chi connectivity index (χ1n) is 9.14. The highest BCUT2D eigenvalue weighted by Crippen LogP contribution is 2.31. The molecule has 2 aromatic carbocycles. The van der Waals surface area contributed by atoms with Gasteiger partial charge in [-0.05, 0) is 49.4 Å². The largest absolute Gasteiger partial charge is 0.411 e. The van der Waals surface area contributed by atoms with Crippen molar-refractivity contribution in [3.8, 4) is 11.5 Å². The van der Waals surface area contributed by atoms with Gasteiger partial charge in [0, 0.05) is 5.56 Å². The van der Waals surface area contributed by atoms with Crippen LogP contribution in [0, 0.1) is 0 Å². The molecule has 5 nitrogen and oxygen atoms in total. The summed E-state index contributed by atoms with van der Waals surface area (Å²) in [6.07, 6.45) is 3.14. The molecule has 0 saturated heterocycles. The molecule has 0 fully saturated rings. The molecule has 1 aliphatic carbocycles. The van der Waals surface area contributed by atoms with E-state index in [-0.39, 0.29) is 17.2 Å². The van der Waals surface area contributed by atoms with Crippen LogP contribution in [0.15, 0.2) is 64.2 Å². The molecule has 6 heteroatoms. The van der Waals surface area contributed by atoms with Crippen LogP contribution in [0.1, 0.15) is 36.9 Å². The average Bonchev–Trinajstić information content (AvgIpc) is 3.17. The third-order valence-electron chi connectivity index (χ3n) is 4.76. The minimum absolute atomic E-state index is 0.0128. The Morgan fingerprint density at radius 2 is 1.93 bits per heavy atom. The van der Waals surface area contributed by atoms with Gasteiger partial charge in [0.2, 0.25) is 11.8 Å². The van der Waals surface area contributed by atoms with Crippen LogP contribution in [0.5, 0.6) is 0 Å². The lowest BCUT2D eigenvalue weighted by Gasteiger charge is -2.27. The molecular weight excluding hydrogens is 358 g/mol. The lowest BCUT2D eigenvalue weighted by Crippen LogP contribution is -2.35. The number of aromatic nitrogens is 2. The van der Waals surface area contributed by atoms with Crippen molar-refractivity contribution >= 4 is 17.7 Å². The second kappa shape index (κ2) is 7.96. The molecule has 2 atom stereocenters. The van der Waals surface area contributed by atoms with E-state index in [0.717, 1.165) is 24.8 Å². The quantitative estimate of drug-likeness (QED) is 0.665. The maximum absolute atomic E-state index is 12.7. The van der Waals surface area contributed by atoms with E-state index >= 15 is 0 Å². The van der Waals surface area contributed by atoms with Gasteiger partial charge in [-0.2, -0.15) is 0 Å². The summed E-state index contributed by atoms with van der Waals surface area (Å²) in [7, 11) is 0. The third-order valence-corrected chi connectivity index (χ3v) is 5.69. The first kappa shape index (κ1) is 17.8. The number of rotatable bonds is 5. The first-order valence-corrected chi connectivity index (χ1v) is 10.0. The predicted molar refractivity (Wildman–Crippen MR) is 105 cm³/mol. The van der Waals surface area contributed by atoms with Gasteiger partial charge in [0.1, 0.15) is 0 Å². The second-order valence-corrected chi connectivity index (χ2v) is 7.94. The summed E-state index contributed by atoms with van der Waals surface area (Å²) >= 11 is 1.28. The van der Waals surface area contributed by atoms with Gasteiger partial charge in [-0.25, -0.2) is 0 Å². The summed E-state index contributed by atoms with van der Waals surface area (Å²) in [5.41, 5.74) is 3.44. The van der Waals surface area contributed by atoms with Crippen molar-refractivity contribution in [1.82, 2.24) is 15.5 Å². The van der Waals surface area contributed by atoms with E-state index in [0.29, 0.717) is 11.1 Å². The predicted octanol–water partition coefficient (Wildman–Crippen LogP) is 4.41. The van der Waals surface area contributed by atoms with Crippen molar-refractivity contribution in [3.63, 3.8) is 0 Å². The second-order valence-electron chi connectivity index (χ2n) is 6.65. The van der Waals surface area contributed by atoms with Crippen LogP contribution < -0.4 is 5.32 Å². The van der Waals surface area contributed by atoms with E-state index in [9.17, 15) is 4.79 Å². The topological polar surface area (TPSA) is 68.0 Å². The minimum Gasteiger partial charge on any atom is -0.411 e. The highest BCUT2D eigenvalue weighted by atomic mass is 32.2. The maximum atomic E-state index is 12.7. The number of fused-ring (bicyclic) bond motifs is 1. The molecule has 27 heavy (non-hydrogen) atoms. The Bertz CT molecular complexity index is 926. The smallest absolute Gasteiger partial charge is 0.277 e. The molecule has 1 N–H and O–H groups in total. The molecule has 1 heterocycles. The molecule has 0 spiro atoms. The number of nitrogens with zero attached hydrogens (tertiary/aromatic N) is 2. The highest BCUT2D eigenvalue weighted by Gasteiger charge is 2.25. The van der Waals surface area contributed by atoms with Crippen molar-refractivity contribution in [2.24, 2.45) is 0 Å². The van der Waals surface area contributed by atoms with E-state index in [2.05, 4.69) is 33.7 Å². The summed E-state index contributed by atoms with van der Waals surface area (Å²) in [6.45, 7) is 1.86. The van der Waals surface area contributed by atoms with Gasteiger partial charge in [-0.3, -0.25) is 4.79 Å². The number of benzene rings is 2. The van der Waals surface area contributed by atoms with E-state index in [1.54, 1.807) is 0 Å². The molecule has 3 aromatic rings. The van der Waals surface area contributed by atoms with Crippen LogP contribution in [0.4, 0.5) is 0 Å². The van der Waals surface area contributed by atoms with Crippen LogP contribution in [-0.2, 0) is 11.2 Å². The number of amides is 1. The monoisotopic (exact) mass is 379 g/mol. The number of hydrogen-bond donors (Lipinski definition) is 1. The SMILES string of the molecule is C[C@H](Sc1nnc(-c2ccccc2)o1)C(=O)N[C@@H]1CCCc2ccccc21. The Balaban J connectivity index is 1.40. The van der Waals surface area contributed by atoms with Gasteiger partial charge < -0.3 is 9.73 Å². The van der Waals surface area contributed by atoms with Crippen molar-refractivity contribution in [1.29, 1.82) is 0 Å². The Morgan fingerprint density at radius 1 is 1.15 bits per heavy atom. The fraction of sp³-hybridized carbons (Fsp3) is 0.286. The molecular formula is C21H21N3O2S. The summed E-state index contributed by atoms with van der Waals surface area (Å²) in [5, 5.41) is 11.4. The van der Waals surface area contributed by atoms with E-state index in [4.69, 9.17) is 4.42 Å². The maximum Gasteiger partial charge on any atom is 0.277 e. The van der Waals surface area contributed by atoms with Crippen LogP contribution in [0.2, 0.25) is 0 Å². The lowest BCUT2D eigenvalue weighted by molar-refractivity contribution is -0.121. The highest BCUT2D eigenvalue weighted by molar-refractivity contribution is 8.00. The number of nitrogens with one attached hydrogen (secondary N) is 1. The Morgan fingerprint density at radius 3 is 2.78 bits per heavy atom. The number of hydrogen-bond acceptors (Lipinski definition) is 5. The van der Waals surface area contributed by atoms with Crippen LogP contribution >= 0.6 is 11.8 Å². The molecule has 0 radical (unpaired) electrons. The summed E-state index contributed by atoms with van der Waals surface area (Å²) in [6, 6.07) is 18.0. The molecule has 4 rings (SSSR count). The van der Waals surface area contributed by atoms with Crippen molar-refractivity contribution in [3.05, 3.63) is 65.7 Å². The van der Waals surface area contributed by atoms with Crippen LogP contribution in [0.3, 0.4) is 0 Å². The van der Waals surface area contributed by atoms with Crippen LogP contribution in [-0.4, -0.2) is 21.4 Å². The Hall–Kier alpha value is -2.60. The Kier molecular flexibility index (Phi) is 5.25. The summed E-state index contributed by atoms with van der Waals surface area (Å²) in [4.78, 5) is 12.7.